The van der Waals surface area contributed by atoms with Gasteiger partial charge in [-0.3, -0.25) is 9.78 Å². The number of nitrogens with one attached hydrogen (secondary N) is 1. The van der Waals surface area contributed by atoms with Crippen molar-refractivity contribution in [3.05, 3.63) is 77.2 Å². The summed E-state index contributed by atoms with van der Waals surface area (Å²) in [6.07, 6.45) is 4.34. The van der Waals surface area contributed by atoms with Gasteiger partial charge in [0.2, 0.25) is 0 Å². The number of carbonyl (C=O) groups is 1. The lowest BCUT2D eigenvalue weighted by Gasteiger charge is -2.12. The number of fused-ring (bicyclic) bond motifs is 1. The minimum Gasteiger partial charge on any atom is -0.357 e. The second-order valence-corrected chi connectivity index (χ2v) is 6.63. The van der Waals surface area contributed by atoms with Crippen LogP contribution in [0.3, 0.4) is 0 Å². The number of carbonyl (C=O) groups excluding carboxylic acids is 1. The zero-order valence-electron chi connectivity index (χ0n) is 12.6. The van der Waals surface area contributed by atoms with Gasteiger partial charge in [-0.15, -0.1) is 11.8 Å². The number of aromatic nitrogens is 2. The van der Waals surface area contributed by atoms with Gasteiger partial charge < -0.3 is 4.98 Å². The van der Waals surface area contributed by atoms with Crippen LogP contribution in [0.2, 0.25) is 0 Å². The Hall–Kier alpha value is -2.33. The van der Waals surface area contributed by atoms with Crippen molar-refractivity contribution in [1.29, 1.82) is 0 Å². The van der Waals surface area contributed by atoms with Crippen LogP contribution in [-0.2, 0) is 12.2 Å². The van der Waals surface area contributed by atoms with Gasteiger partial charge in [-0.25, -0.2) is 0 Å². The van der Waals surface area contributed by atoms with Crippen molar-refractivity contribution in [3.8, 4) is 11.3 Å². The molecule has 1 N–H and O–H groups in total. The zero-order valence-corrected chi connectivity index (χ0v) is 13.4. The smallest absolute Gasteiger partial charge is 0.174 e. The third kappa shape index (κ3) is 2.70. The van der Waals surface area contributed by atoms with Gasteiger partial charge in [-0.05, 0) is 23.3 Å². The Balaban J connectivity index is 1.87. The lowest BCUT2D eigenvalue weighted by molar-refractivity contribution is 0.102. The summed E-state index contributed by atoms with van der Waals surface area (Å²) in [6, 6.07) is 14.3. The summed E-state index contributed by atoms with van der Waals surface area (Å²) >= 11 is 1.68. The number of benzene rings is 1. The summed E-state index contributed by atoms with van der Waals surface area (Å²) in [7, 11) is 0. The molecule has 0 fully saturated rings. The van der Waals surface area contributed by atoms with E-state index in [0.29, 0.717) is 5.75 Å². The van der Waals surface area contributed by atoms with Gasteiger partial charge >= 0.3 is 0 Å². The van der Waals surface area contributed by atoms with Crippen molar-refractivity contribution in [1.82, 2.24) is 9.97 Å². The highest BCUT2D eigenvalue weighted by Crippen LogP contribution is 2.35. The highest BCUT2D eigenvalue weighted by molar-refractivity contribution is 7.99. The molecule has 0 atom stereocenters. The fourth-order valence-corrected chi connectivity index (χ4v) is 3.95. The molecule has 0 unspecified atom stereocenters. The van der Waals surface area contributed by atoms with E-state index in [2.05, 4.69) is 22.1 Å². The monoisotopic (exact) mass is 320 g/mol. The van der Waals surface area contributed by atoms with Crippen LogP contribution in [0, 0.1) is 0 Å². The highest BCUT2D eigenvalue weighted by Gasteiger charge is 2.26. The maximum Gasteiger partial charge on any atom is 0.174 e. The number of pyridine rings is 1. The number of ketones is 1. The summed E-state index contributed by atoms with van der Waals surface area (Å²) in [5.74, 6) is 1.68. The molecule has 114 valence electrons. The quantitative estimate of drug-likeness (QED) is 0.790. The van der Waals surface area contributed by atoms with Crippen LogP contribution in [-0.4, -0.2) is 21.5 Å². The standard InChI is InChI=1S/C19H16N2OS/c22-17-12-23-11-16-18(17)15(10-13-4-2-1-3-5-13)19(21-16)14-6-8-20-9-7-14/h1-9,21H,10-12H2. The molecule has 0 spiro atoms. The Bertz CT molecular complexity index is 841. The molecule has 0 radical (unpaired) electrons. The predicted molar refractivity (Wildman–Crippen MR) is 93.8 cm³/mol. The first-order chi connectivity index (χ1) is 11.3. The van der Waals surface area contributed by atoms with Gasteiger partial charge in [0.15, 0.2) is 5.78 Å². The van der Waals surface area contributed by atoms with E-state index in [1.54, 1.807) is 24.2 Å². The van der Waals surface area contributed by atoms with Crippen molar-refractivity contribution in [2.45, 2.75) is 12.2 Å². The van der Waals surface area contributed by atoms with E-state index in [0.717, 1.165) is 40.3 Å². The molecule has 23 heavy (non-hydrogen) atoms. The average molecular weight is 320 g/mol. The van der Waals surface area contributed by atoms with E-state index in [9.17, 15) is 4.79 Å². The average Bonchev–Trinajstić information content (AvgIpc) is 2.96. The van der Waals surface area contributed by atoms with Crippen LogP contribution in [0.25, 0.3) is 11.3 Å². The first kappa shape index (κ1) is 14.3. The maximum atomic E-state index is 12.5. The highest BCUT2D eigenvalue weighted by atomic mass is 32.2. The Labute approximate surface area is 139 Å². The van der Waals surface area contributed by atoms with Gasteiger partial charge in [0, 0.05) is 41.4 Å². The molecule has 4 rings (SSSR count). The molecule has 0 amide bonds. The zero-order chi connectivity index (χ0) is 15.6. The number of hydrogen-bond acceptors (Lipinski definition) is 3. The van der Waals surface area contributed by atoms with E-state index in [1.165, 1.54) is 5.56 Å². The fourth-order valence-electron chi connectivity index (χ4n) is 3.10. The van der Waals surface area contributed by atoms with Gasteiger partial charge in [-0.1, -0.05) is 30.3 Å². The molecule has 0 bridgehead atoms. The molecule has 1 aromatic carbocycles. The number of nitrogens with zero attached hydrogens (tertiary/aromatic N) is 1. The summed E-state index contributed by atoms with van der Waals surface area (Å²) in [5, 5.41) is 0. The summed E-state index contributed by atoms with van der Waals surface area (Å²) in [5.41, 5.74) is 6.43. The number of hydrogen-bond donors (Lipinski definition) is 1. The van der Waals surface area contributed by atoms with E-state index < -0.39 is 0 Å². The number of rotatable bonds is 3. The van der Waals surface area contributed by atoms with Gasteiger partial charge in [0.25, 0.3) is 0 Å². The molecule has 3 aromatic rings. The van der Waals surface area contributed by atoms with Crippen LogP contribution < -0.4 is 0 Å². The molecule has 3 nitrogen and oxygen atoms in total. The lowest BCUT2D eigenvalue weighted by atomic mass is 9.96. The van der Waals surface area contributed by atoms with Crippen molar-refractivity contribution < 1.29 is 4.79 Å². The molecule has 3 heterocycles. The SMILES string of the molecule is O=C1CSCc2[nH]c(-c3ccncc3)c(Cc3ccccc3)c21. The second kappa shape index (κ2) is 6.05. The third-order valence-electron chi connectivity index (χ3n) is 4.13. The molecule has 0 aliphatic carbocycles. The van der Waals surface area contributed by atoms with E-state index in [-0.39, 0.29) is 5.78 Å². The van der Waals surface area contributed by atoms with Crippen LogP contribution in [0.1, 0.15) is 27.2 Å². The Kier molecular flexibility index (Phi) is 3.75. The molecular weight excluding hydrogens is 304 g/mol. The van der Waals surface area contributed by atoms with E-state index in [4.69, 9.17) is 0 Å². The maximum absolute atomic E-state index is 12.5. The first-order valence-corrected chi connectivity index (χ1v) is 8.77. The Morgan fingerprint density at radius 2 is 1.83 bits per heavy atom. The molecule has 2 aromatic heterocycles. The number of Topliss-reactive ketones (excluding diaryl/α,β-unsaturated/α-hetero) is 1. The number of aromatic amines is 1. The van der Waals surface area contributed by atoms with Gasteiger partial charge in [0.1, 0.15) is 0 Å². The summed E-state index contributed by atoms with van der Waals surface area (Å²) in [6.45, 7) is 0. The van der Waals surface area contributed by atoms with Crippen molar-refractivity contribution >= 4 is 17.5 Å². The molecule has 1 aliphatic heterocycles. The molecular formula is C19H16N2OS. The van der Waals surface area contributed by atoms with Crippen molar-refractivity contribution in [3.63, 3.8) is 0 Å². The van der Waals surface area contributed by atoms with Crippen LogP contribution in [0.4, 0.5) is 0 Å². The summed E-state index contributed by atoms with van der Waals surface area (Å²) < 4.78 is 0. The fraction of sp³-hybridized carbons (Fsp3) is 0.158. The topological polar surface area (TPSA) is 45.8 Å². The first-order valence-electron chi connectivity index (χ1n) is 7.62. The second-order valence-electron chi connectivity index (χ2n) is 5.65. The minimum absolute atomic E-state index is 0.235. The van der Waals surface area contributed by atoms with Crippen LogP contribution in [0.15, 0.2) is 54.9 Å². The van der Waals surface area contributed by atoms with Crippen LogP contribution >= 0.6 is 11.8 Å². The van der Waals surface area contributed by atoms with Crippen molar-refractivity contribution in [2.75, 3.05) is 5.75 Å². The van der Waals surface area contributed by atoms with Crippen LogP contribution in [0.5, 0.6) is 0 Å². The molecule has 0 saturated heterocycles. The predicted octanol–water partition coefficient (Wildman–Crippen LogP) is 4.10. The number of H-pyrrole nitrogens is 1. The minimum atomic E-state index is 0.235. The summed E-state index contributed by atoms with van der Waals surface area (Å²) in [4.78, 5) is 20.1. The third-order valence-corrected chi connectivity index (χ3v) is 5.09. The normalized spacial score (nSPS) is 13.8. The molecule has 4 heteroatoms. The number of thioether (sulfide) groups is 1. The van der Waals surface area contributed by atoms with Gasteiger partial charge in [0.05, 0.1) is 11.4 Å². The molecule has 0 saturated carbocycles. The van der Waals surface area contributed by atoms with Gasteiger partial charge in [-0.2, -0.15) is 0 Å². The molecule has 1 aliphatic rings. The van der Waals surface area contributed by atoms with E-state index in [1.807, 2.05) is 30.3 Å². The Morgan fingerprint density at radius 3 is 2.61 bits per heavy atom. The van der Waals surface area contributed by atoms with E-state index >= 15 is 0 Å². The largest absolute Gasteiger partial charge is 0.357 e. The lowest BCUT2D eigenvalue weighted by Crippen LogP contribution is -2.12. The Morgan fingerprint density at radius 1 is 1.04 bits per heavy atom. The van der Waals surface area contributed by atoms with Crippen molar-refractivity contribution in [2.24, 2.45) is 0 Å².